The molecule has 28 heavy (non-hydrogen) atoms. The number of nitrogens with zero attached hydrogens (tertiary/aromatic N) is 4. The molecular weight excluding hydrogens is 356 g/mol. The van der Waals surface area contributed by atoms with E-state index >= 15 is 0 Å². The molecule has 2 aromatic carbocycles. The van der Waals surface area contributed by atoms with Crippen LogP contribution in [0.25, 0.3) is 27.7 Å². The number of non-ortho nitro benzene ring substituents is 1. The van der Waals surface area contributed by atoms with Crippen molar-refractivity contribution < 1.29 is 4.92 Å². The largest absolute Gasteiger partial charge is 0.276 e. The first-order chi connectivity index (χ1) is 13.6. The van der Waals surface area contributed by atoms with Crippen LogP contribution in [0.3, 0.4) is 0 Å². The van der Waals surface area contributed by atoms with Crippen molar-refractivity contribution in [1.82, 2.24) is 9.55 Å². The van der Waals surface area contributed by atoms with Crippen molar-refractivity contribution in [1.29, 1.82) is 5.26 Å². The number of hydrogen-bond acceptors (Lipinski definition) is 5. The van der Waals surface area contributed by atoms with E-state index in [1.165, 1.54) is 28.8 Å². The van der Waals surface area contributed by atoms with E-state index in [-0.39, 0.29) is 11.3 Å². The molecule has 0 fully saturated rings. The van der Waals surface area contributed by atoms with E-state index in [1.807, 2.05) is 36.4 Å². The number of nitriles is 1. The first-order valence-electron chi connectivity index (χ1n) is 8.33. The van der Waals surface area contributed by atoms with Crippen LogP contribution in [0.4, 0.5) is 5.69 Å². The van der Waals surface area contributed by atoms with Crippen molar-refractivity contribution in [3.05, 3.63) is 99.1 Å². The molecule has 4 aromatic rings. The van der Waals surface area contributed by atoms with Gasteiger partial charge in [-0.25, -0.2) is 0 Å². The predicted octanol–water partition coefficient (Wildman–Crippen LogP) is 3.83. The summed E-state index contributed by atoms with van der Waals surface area (Å²) < 4.78 is 1.40. The molecule has 0 aliphatic carbocycles. The standard InChI is InChI=1S/C21H12N4O3/c22-12-17-10-15-4-3-14(16-2-1-9-23-13-16)11-20(15)24(21(17)26)18-5-7-19(8-6-18)25(27)28/h1-11,13H. The Balaban J connectivity index is 2.01. The SMILES string of the molecule is N#Cc1cc2ccc(-c3cccnc3)cc2n(-c2ccc([N+](=O)[O-])cc2)c1=O. The molecule has 0 N–H and O–H groups in total. The van der Waals surface area contributed by atoms with Crippen LogP contribution in [0.5, 0.6) is 0 Å². The van der Waals surface area contributed by atoms with Gasteiger partial charge in [-0.3, -0.25) is 24.5 Å². The second-order valence-corrected chi connectivity index (χ2v) is 6.10. The van der Waals surface area contributed by atoms with Gasteiger partial charge in [0.25, 0.3) is 11.2 Å². The van der Waals surface area contributed by atoms with Gasteiger partial charge in [-0.2, -0.15) is 5.26 Å². The lowest BCUT2D eigenvalue weighted by Gasteiger charge is -2.12. The maximum absolute atomic E-state index is 12.9. The fourth-order valence-electron chi connectivity index (χ4n) is 3.08. The summed E-state index contributed by atoms with van der Waals surface area (Å²) in [5.74, 6) is 0. The van der Waals surface area contributed by atoms with Crippen molar-refractivity contribution in [3.63, 3.8) is 0 Å². The minimum atomic E-state index is -0.503. The Morgan fingerprint density at radius 3 is 2.46 bits per heavy atom. The van der Waals surface area contributed by atoms with Gasteiger partial charge >= 0.3 is 0 Å². The highest BCUT2D eigenvalue weighted by Gasteiger charge is 2.13. The first kappa shape index (κ1) is 17.1. The van der Waals surface area contributed by atoms with Gasteiger partial charge in [0, 0.05) is 41.2 Å². The number of pyridine rings is 2. The van der Waals surface area contributed by atoms with E-state index in [4.69, 9.17) is 0 Å². The Morgan fingerprint density at radius 2 is 1.82 bits per heavy atom. The molecule has 7 heteroatoms. The predicted molar refractivity (Wildman–Crippen MR) is 104 cm³/mol. The van der Waals surface area contributed by atoms with Crippen molar-refractivity contribution >= 4 is 16.6 Å². The second kappa shape index (κ2) is 6.78. The Labute approximate surface area is 158 Å². The van der Waals surface area contributed by atoms with Crippen LogP contribution in [-0.4, -0.2) is 14.5 Å². The number of nitro groups is 1. The van der Waals surface area contributed by atoms with Gasteiger partial charge in [0.05, 0.1) is 10.4 Å². The molecule has 0 saturated heterocycles. The molecule has 0 amide bonds. The molecule has 2 aromatic heterocycles. The van der Waals surface area contributed by atoms with Gasteiger partial charge < -0.3 is 0 Å². The molecule has 4 rings (SSSR count). The molecule has 7 nitrogen and oxygen atoms in total. The number of benzene rings is 2. The van der Waals surface area contributed by atoms with Gasteiger partial charge in [0.15, 0.2) is 0 Å². The summed E-state index contributed by atoms with van der Waals surface area (Å²) in [7, 11) is 0. The second-order valence-electron chi connectivity index (χ2n) is 6.10. The van der Waals surface area contributed by atoms with Crippen LogP contribution in [-0.2, 0) is 0 Å². The van der Waals surface area contributed by atoms with E-state index in [0.717, 1.165) is 11.1 Å². The van der Waals surface area contributed by atoms with Crippen LogP contribution < -0.4 is 5.56 Å². The minimum Gasteiger partial charge on any atom is -0.276 e. The molecule has 0 aliphatic heterocycles. The normalized spacial score (nSPS) is 10.5. The fraction of sp³-hybridized carbons (Fsp3) is 0. The van der Waals surface area contributed by atoms with Crippen LogP contribution >= 0.6 is 0 Å². The van der Waals surface area contributed by atoms with Crippen LogP contribution in [0, 0.1) is 21.4 Å². The molecular formula is C21H12N4O3. The maximum atomic E-state index is 12.9. The quantitative estimate of drug-likeness (QED) is 0.404. The lowest BCUT2D eigenvalue weighted by Crippen LogP contribution is -2.21. The monoisotopic (exact) mass is 368 g/mol. The summed E-state index contributed by atoms with van der Waals surface area (Å²) in [6.45, 7) is 0. The van der Waals surface area contributed by atoms with Crippen molar-refractivity contribution in [2.24, 2.45) is 0 Å². The summed E-state index contributed by atoms with van der Waals surface area (Å²) in [6.07, 6.45) is 3.40. The third kappa shape index (κ3) is 2.89. The molecule has 134 valence electrons. The van der Waals surface area contributed by atoms with Gasteiger partial charge in [-0.15, -0.1) is 0 Å². The van der Waals surface area contributed by atoms with E-state index in [0.29, 0.717) is 16.6 Å². The third-order valence-electron chi connectivity index (χ3n) is 4.44. The van der Waals surface area contributed by atoms with E-state index in [2.05, 4.69) is 4.98 Å². The van der Waals surface area contributed by atoms with Gasteiger partial charge in [-0.05, 0) is 35.9 Å². The molecule has 0 saturated carbocycles. The molecule has 0 spiro atoms. The summed E-state index contributed by atoms with van der Waals surface area (Å²) in [6, 6.07) is 18.4. The van der Waals surface area contributed by atoms with Gasteiger partial charge in [-0.1, -0.05) is 18.2 Å². The van der Waals surface area contributed by atoms with E-state index < -0.39 is 10.5 Å². The minimum absolute atomic E-state index is 0.0000180. The van der Waals surface area contributed by atoms with Gasteiger partial charge in [0.1, 0.15) is 11.6 Å². The Morgan fingerprint density at radius 1 is 1.04 bits per heavy atom. The van der Waals surface area contributed by atoms with Crippen LogP contribution in [0.2, 0.25) is 0 Å². The van der Waals surface area contributed by atoms with Crippen LogP contribution in [0.15, 0.2) is 77.9 Å². The molecule has 0 radical (unpaired) electrons. The zero-order valence-electron chi connectivity index (χ0n) is 14.4. The number of rotatable bonds is 3. The topological polar surface area (TPSA) is 102 Å². The Bertz CT molecular complexity index is 1300. The zero-order chi connectivity index (χ0) is 19.7. The lowest BCUT2D eigenvalue weighted by atomic mass is 10.0. The lowest BCUT2D eigenvalue weighted by molar-refractivity contribution is -0.384. The molecule has 0 unspecified atom stereocenters. The third-order valence-corrected chi connectivity index (χ3v) is 4.44. The number of hydrogen-bond donors (Lipinski definition) is 0. The zero-order valence-corrected chi connectivity index (χ0v) is 14.4. The smallest absolute Gasteiger partial charge is 0.273 e. The maximum Gasteiger partial charge on any atom is 0.273 e. The molecule has 0 bridgehead atoms. The highest BCUT2D eigenvalue weighted by molar-refractivity contribution is 5.86. The summed E-state index contributed by atoms with van der Waals surface area (Å²) >= 11 is 0. The average Bonchev–Trinajstić information content (AvgIpc) is 2.73. The summed E-state index contributed by atoms with van der Waals surface area (Å²) in [5.41, 5.74) is 2.23. The average molecular weight is 368 g/mol. The van der Waals surface area contributed by atoms with E-state index in [9.17, 15) is 20.2 Å². The van der Waals surface area contributed by atoms with Crippen molar-refractivity contribution in [2.75, 3.05) is 0 Å². The highest BCUT2D eigenvalue weighted by atomic mass is 16.6. The number of fused-ring (bicyclic) bond motifs is 1. The number of nitro benzene ring substituents is 1. The highest BCUT2D eigenvalue weighted by Crippen LogP contribution is 2.26. The Kier molecular flexibility index (Phi) is 4.14. The van der Waals surface area contributed by atoms with Crippen LogP contribution in [0.1, 0.15) is 5.56 Å². The van der Waals surface area contributed by atoms with Crippen molar-refractivity contribution in [3.8, 4) is 22.9 Å². The first-order valence-corrected chi connectivity index (χ1v) is 8.33. The van der Waals surface area contributed by atoms with Crippen molar-refractivity contribution in [2.45, 2.75) is 0 Å². The molecule has 0 atom stereocenters. The summed E-state index contributed by atoms with van der Waals surface area (Å²) in [5, 5.41) is 21.0. The molecule has 0 aliphatic rings. The Hall–Kier alpha value is -4.31. The van der Waals surface area contributed by atoms with Gasteiger partial charge in [0.2, 0.25) is 0 Å². The fourth-order valence-corrected chi connectivity index (χ4v) is 3.08. The summed E-state index contributed by atoms with van der Waals surface area (Å²) in [4.78, 5) is 27.4. The van der Waals surface area contributed by atoms with E-state index in [1.54, 1.807) is 18.5 Å². The molecule has 2 heterocycles. The number of aromatic nitrogens is 2.